The maximum Gasteiger partial charge on any atom is 0.154 e. The monoisotopic (exact) mass is 230 g/mol. The zero-order chi connectivity index (χ0) is 12.3. The molecule has 90 valence electrons. The average Bonchev–Trinajstić information content (AvgIpc) is 2.74. The maximum absolute atomic E-state index is 4.28. The Morgan fingerprint density at radius 3 is 2.53 bits per heavy atom. The van der Waals surface area contributed by atoms with Gasteiger partial charge in [0, 0.05) is 5.69 Å². The second kappa shape index (κ2) is 5.10. The van der Waals surface area contributed by atoms with Crippen LogP contribution in [0.15, 0.2) is 30.3 Å². The SMILES string of the molecule is CCC(NC)c1nnc(C)n1-c1ccccc1. The lowest BCUT2D eigenvalue weighted by molar-refractivity contribution is 0.534. The van der Waals surface area contributed by atoms with Crippen molar-refractivity contribution in [3.05, 3.63) is 42.0 Å². The molecule has 2 rings (SSSR count). The molecule has 0 radical (unpaired) electrons. The van der Waals surface area contributed by atoms with Crippen molar-refractivity contribution in [1.29, 1.82) is 0 Å². The van der Waals surface area contributed by atoms with Gasteiger partial charge in [-0.25, -0.2) is 0 Å². The van der Waals surface area contributed by atoms with E-state index in [1.54, 1.807) is 0 Å². The van der Waals surface area contributed by atoms with Gasteiger partial charge in [0.05, 0.1) is 6.04 Å². The molecule has 0 aliphatic carbocycles. The Balaban J connectivity index is 2.50. The van der Waals surface area contributed by atoms with Crippen molar-refractivity contribution in [1.82, 2.24) is 20.1 Å². The van der Waals surface area contributed by atoms with Crippen molar-refractivity contribution in [2.45, 2.75) is 26.3 Å². The molecule has 0 aliphatic heterocycles. The minimum Gasteiger partial charge on any atom is -0.310 e. The Kier molecular flexibility index (Phi) is 3.54. The third-order valence-electron chi connectivity index (χ3n) is 2.93. The van der Waals surface area contributed by atoms with Crippen molar-refractivity contribution >= 4 is 0 Å². The maximum atomic E-state index is 4.28. The van der Waals surface area contributed by atoms with Gasteiger partial charge < -0.3 is 5.32 Å². The molecule has 17 heavy (non-hydrogen) atoms. The number of nitrogens with one attached hydrogen (secondary N) is 1. The molecule has 0 bridgehead atoms. The summed E-state index contributed by atoms with van der Waals surface area (Å²) >= 11 is 0. The number of benzene rings is 1. The predicted octanol–water partition coefficient (Wildman–Crippen LogP) is 2.25. The van der Waals surface area contributed by atoms with Crippen LogP contribution in [-0.2, 0) is 0 Å². The molecule has 2 aromatic rings. The van der Waals surface area contributed by atoms with Gasteiger partial charge in [0.15, 0.2) is 5.82 Å². The van der Waals surface area contributed by atoms with Crippen LogP contribution < -0.4 is 5.32 Å². The zero-order valence-corrected chi connectivity index (χ0v) is 10.5. The van der Waals surface area contributed by atoms with Gasteiger partial charge in [-0.15, -0.1) is 10.2 Å². The Hall–Kier alpha value is -1.68. The van der Waals surface area contributed by atoms with Crippen molar-refractivity contribution in [2.24, 2.45) is 0 Å². The first-order valence-corrected chi connectivity index (χ1v) is 5.92. The Morgan fingerprint density at radius 1 is 1.24 bits per heavy atom. The molecule has 0 amide bonds. The predicted molar refractivity (Wildman–Crippen MR) is 68.2 cm³/mol. The smallest absolute Gasteiger partial charge is 0.154 e. The number of hydrogen-bond donors (Lipinski definition) is 1. The van der Waals surface area contributed by atoms with E-state index in [0.717, 1.165) is 23.8 Å². The van der Waals surface area contributed by atoms with Crippen LogP contribution in [0.2, 0.25) is 0 Å². The summed E-state index contributed by atoms with van der Waals surface area (Å²) in [7, 11) is 1.95. The third kappa shape index (κ3) is 2.22. The average molecular weight is 230 g/mol. The van der Waals surface area contributed by atoms with E-state index in [4.69, 9.17) is 0 Å². The van der Waals surface area contributed by atoms with Crippen LogP contribution in [0.25, 0.3) is 5.69 Å². The van der Waals surface area contributed by atoms with Gasteiger partial charge in [-0.05, 0) is 32.5 Å². The molecular weight excluding hydrogens is 212 g/mol. The highest BCUT2D eigenvalue weighted by molar-refractivity contribution is 5.34. The van der Waals surface area contributed by atoms with Crippen LogP contribution in [-0.4, -0.2) is 21.8 Å². The molecule has 4 heteroatoms. The second-order valence-electron chi connectivity index (χ2n) is 4.03. The highest BCUT2D eigenvalue weighted by atomic mass is 15.3. The van der Waals surface area contributed by atoms with Gasteiger partial charge in [-0.1, -0.05) is 25.1 Å². The molecule has 0 spiro atoms. The number of aryl methyl sites for hydroxylation is 1. The number of rotatable bonds is 4. The van der Waals surface area contributed by atoms with E-state index in [-0.39, 0.29) is 6.04 Å². The van der Waals surface area contributed by atoms with Gasteiger partial charge in [0.1, 0.15) is 5.82 Å². The first-order chi connectivity index (χ1) is 8.27. The van der Waals surface area contributed by atoms with E-state index >= 15 is 0 Å². The molecule has 0 fully saturated rings. The molecule has 4 nitrogen and oxygen atoms in total. The lowest BCUT2D eigenvalue weighted by Crippen LogP contribution is -2.20. The first kappa shape index (κ1) is 11.8. The Bertz CT molecular complexity index is 471. The zero-order valence-electron chi connectivity index (χ0n) is 10.5. The molecule has 0 aliphatic rings. The van der Waals surface area contributed by atoms with E-state index in [0.29, 0.717) is 0 Å². The minimum absolute atomic E-state index is 0.233. The lowest BCUT2D eigenvalue weighted by atomic mass is 10.2. The number of aromatic nitrogens is 3. The highest BCUT2D eigenvalue weighted by Crippen LogP contribution is 2.19. The van der Waals surface area contributed by atoms with Crippen LogP contribution in [0.1, 0.15) is 31.0 Å². The van der Waals surface area contributed by atoms with Crippen LogP contribution in [0, 0.1) is 6.92 Å². The number of para-hydroxylation sites is 1. The van der Waals surface area contributed by atoms with E-state index < -0.39 is 0 Å². The molecule has 1 heterocycles. The summed E-state index contributed by atoms with van der Waals surface area (Å²) in [6.07, 6.45) is 0.988. The van der Waals surface area contributed by atoms with E-state index in [1.807, 2.05) is 32.2 Å². The third-order valence-corrected chi connectivity index (χ3v) is 2.93. The summed E-state index contributed by atoms with van der Waals surface area (Å²) in [5, 5.41) is 11.7. The summed E-state index contributed by atoms with van der Waals surface area (Å²) in [4.78, 5) is 0. The van der Waals surface area contributed by atoms with E-state index in [1.165, 1.54) is 0 Å². The summed E-state index contributed by atoms with van der Waals surface area (Å²) in [5.74, 6) is 1.89. The van der Waals surface area contributed by atoms with Crippen LogP contribution in [0.4, 0.5) is 0 Å². The van der Waals surface area contributed by atoms with Gasteiger partial charge in [0.2, 0.25) is 0 Å². The van der Waals surface area contributed by atoms with Crippen LogP contribution >= 0.6 is 0 Å². The number of nitrogens with zero attached hydrogens (tertiary/aromatic N) is 3. The van der Waals surface area contributed by atoms with Crippen molar-refractivity contribution < 1.29 is 0 Å². The fourth-order valence-corrected chi connectivity index (χ4v) is 2.02. The Morgan fingerprint density at radius 2 is 1.94 bits per heavy atom. The normalized spacial score (nSPS) is 12.6. The second-order valence-corrected chi connectivity index (χ2v) is 4.03. The molecule has 1 aromatic carbocycles. The molecule has 1 aromatic heterocycles. The highest BCUT2D eigenvalue weighted by Gasteiger charge is 2.17. The largest absolute Gasteiger partial charge is 0.310 e. The molecule has 1 unspecified atom stereocenters. The molecule has 1 atom stereocenters. The fraction of sp³-hybridized carbons (Fsp3) is 0.385. The molecule has 1 N–H and O–H groups in total. The first-order valence-electron chi connectivity index (χ1n) is 5.92. The van der Waals surface area contributed by atoms with E-state index in [9.17, 15) is 0 Å². The fourth-order valence-electron chi connectivity index (χ4n) is 2.02. The van der Waals surface area contributed by atoms with E-state index in [2.05, 4.69) is 39.1 Å². The topological polar surface area (TPSA) is 42.7 Å². The van der Waals surface area contributed by atoms with Crippen LogP contribution in [0.5, 0.6) is 0 Å². The Labute approximate surface area is 102 Å². The van der Waals surface area contributed by atoms with Crippen molar-refractivity contribution in [3.63, 3.8) is 0 Å². The lowest BCUT2D eigenvalue weighted by Gasteiger charge is -2.15. The molecular formula is C13H18N4. The van der Waals surface area contributed by atoms with Crippen LogP contribution in [0.3, 0.4) is 0 Å². The summed E-state index contributed by atoms with van der Waals surface area (Å²) in [6, 6.07) is 10.4. The standard InChI is InChI=1S/C13H18N4/c1-4-12(14-3)13-16-15-10(2)17(13)11-8-6-5-7-9-11/h5-9,12,14H,4H2,1-3H3. The van der Waals surface area contributed by atoms with Gasteiger partial charge >= 0.3 is 0 Å². The van der Waals surface area contributed by atoms with Crippen molar-refractivity contribution in [2.75, 3.05) is 7.05 Å². The van der Waals surface area contributed by atoms with Gasteiger partial charge in [-0.3, -0.25) is 4.57 Å². The minimum atomic E-state index is 0.233. The summed E-state index contributed by atoms with van der Waals surface area (Å²) < 4.78 is 2.10. The number of hydrogen-bond acceptors (Lipinski definition) is 3. The summed E-state index contributed by atoms with van der Waals surface area (Å²) in [5.41, 5.74) is 1.11. The quantitative estimate of drug-likeness (QED) is 0.876. The summed E-state index contributed by atoms with van der Waals surface area (Å²) in [6.45, 7) is 4.12. The van der Waals surface area contributed by atoms with Gasteiger partial charge in [0.25, 0.3) is 0 Å². The molecule has 0 saturated carbocycles. The van der Waals surface area contributed by atoms with Crippen molar-refractivity contribution in [3.8, 4) is 5.69 Å². The van der Waals surface area contributed by atoms with Gasteiger partial charge in [-0.2, -0.15) is 0 Å². The molecule has 0 saturated heterocycles.